The van der Waals surface area contributed by atoms with E-state index in [9.17, 15) is 14.9 Å². The Bertz CT molecular complexity index is 789. The first-order valence-electron chi connectivity index (χ1n) is 6.99. The smallest absolute Gasteiger partial charge is 0.339 e. The number of methoxy groups -OCH3 is 1. The van der Waals surface area contributed by atoms with Crippen LogP contribution in [-0.4, -0.2) is 24.3 Å². The summed E-state index contributed by atoms with van der Waals surface area (Å²) in [7, 11) is 1.35. The average molecular weight is 328 g/mol. The summed E-state index contributed by atoms with van der Waals surface area (Å²) in [5.74, 6) is 0.155. The summed E-state index contributed by atoms with van der Waals surface area (Å²) < 4.78 is 4.92. The van der Waals surface area contributed by atoms with Gasteiger partial charge in [0.15, 0.2) is 5.75 Å². The molecule has 0 radical (unpaired) electrons. The number of nitro groups is 1. The van der Waals surface area contributed by atoms with Gasteiger partial charge in [-0.1, -0.05) is 18.2 Å². The summed E-state index contributed by atoms with van der Waals surface area (Å²) in [5, 5.41) is 17.4. The van der Waals surface area contributed by atoms with Crippen molar-refractivity contribution in [3.8, 4) is 5.75 Å². The van der Waals surface area contributed by atoms with Crippen LogP contribution in [0.1, 0.15) is 11.1 Å². The van der Waals surface area contributed by atoms with Crippen LogP contribution >= 0.6 is 0 Å². The largest absolute Gasteiger partial charge is 0.490 e. The number of hydrogen-bond acceptors (Lipinski definition) is 5. The Morgan fingerprint density at radius 3 is 2.71 bits per heavy atom. The molecule has 2 aromatic rings. The van der Waals surface area contributed by atoms with Crippen LogP contribution in [0.25, 0.3) is 0 Å². The fourth-order valence-corrected chi connectivity index (χ4v) is 1.96. The van der Waals surface area contributed by atoms with Crippen molar-refractivity contribution in [2.24, 2.45) is 5.10 Å². The van der Waals surface area contributed by atoms with Crippen LogP contribution < -0.4 is 15.5 Å². The summed E-state index contributed by atoms with van der Waals surface area (Å²) in [4.78, 5) is 22.2. The molecule has 0 saturated carbocycles. The molecule has 0 spiro atoms. The topological polar surface area (TPSA) is 106 Å². The zero-order chi connectivity index (χ0) is 17.5. The van der Waals surface area contributed by atoms with Gasteiger partial charge in [0.1, 0.15) is 0 Å². The Morgan fingerprint density at radius 1 is 1.29 bits per heavy atom. The van der Waals surface area contributed by atoms with Crippen LogP contribution in [0.5, 0.6) is 5.75 Å². The molecule has 0 atom stereocenters. The molecule has 24 heavy (non-hydrogen) atoms. The second-order valence-electron chi connectivity index (χ2n) is 4.83. The summed E-state index contributed by atoms with van der Waals surface area (Å²) in [5.41, 5.74) is 4.17. The first-order chi connectivity index (χ1) is 11.5. The first-order valence-corrected chi connectivity index (χ1v) is 6.99. The minimum atomic E-state index is -0.547. The SMILES string of the molecule is COc1ccc(/C=N\NC(=O)Nc2ccccc2C)cc1[N+](=O)[O-]. The van der Waals surface area contributed by atoms with Crippen molar-refractivity contribution in [1.29, 1.82) is 0 Å². The van der Waals surface area contributed by atoms with Crippen LogP contribution in [0.3, 0.4) is 0 Å². The van der Waals surface area contributed by atoms with Gasteiger partial charge in [0, 0.05) is 17.3 Å². The Morgan fingerprint density at radius 2 is 2.04 bits per heavy atom. The lowest BCUT2D eigenvalue weighted by atomic mass is 10.2. The minimum absolute atomic E-state index is 0.155. The van der Waals surface area contributed by atoms with Crippen molar-refractivity contribution in [2.45, 2.75) is 6.92 Å². The maximum Gasteiger partial charge on any atom is 0.339 e. The van der Waals surface area contributed by atoms with E-state index >= 15 is 0 Å². The number of nitrogens with zero attached hydrogens (tertiary/aromatic N) is 2. The number of carbonyl (C=O) groups excluding carboxylic acids is 1. The summed E-state index contributed by atoms with van der Waals surface area (Å²) in [6, 6.07) is 11.2. The number of ether oxygens (including phenoxy) is 1. The highest BCUT2D eigenvalue weighted by Gasteiger charge is 2.14. The fraction of sp³-hybridized carbons (Fsp3) is 0.125. The van der Waals surface area contributed by atoms with Crippen LogP contribution in [0.15, 0.2) is 47.6 Å². The van der Waals surface area contributed by atoms with E-state index in [0.29, 0.717) is 11.3 Å². The molecule has 0 saturated heterocycles. The number of nitrogens with one attached hydrogen (secondary N) is 2. The molecule has 2 rings (SSSR count). The Balaban J connectivity index is 2.01. The summed E-state index contributed by atoms with van der Waals surface area (Å²) in [6.45, 7) is 1.87. The Kier molecular flexibility index (Phi) is 5.45. The van der Waals surface area contributed by atoms with Crippen molar-refractivity contribution >= 4 is 23.6 Å². The molecule has 0 heterocycles. The highest BCUT2D eigenvalue weighted by atomic mass is 16.6. The molecule has 2 amide bonds. The second-order valence-corrected chi connectivity index (χ2v) is 4.83. The molecule has 2 aromatic carbocycles. The highest BCUT2D eigenvalue weighted by molar-refractivity contribution is 5.91. The number of urea groups is 1. The van der Waals surface area contributed by atoms with Gasteiger partial charge in [-0.15, -0.1) is 0 Å². The van der Waals surface area contributed by atoms with Gasteiger partial charge in [-0.3, -0.25) is 10.1 Å². The third kappa shape index (κ3) is 4.29. The average Bonchev–Trinajstić information content (AvgIpc) is 2.56. The second kappa shape index (κ2) is 7.73. The van der Waals surface area contributed by atoms with Gasteiger partial charge < -0.3 is 10.1 Å². The van der Waals surface area contributed by atoms with E-state index in [-0.39, 0.29) is 11.4 Å². The third-order valence-electron chi connectivity index (χ3n) is 3.17. The van der Waals surface area contributed by atoms with E-state index in [1.54, 1.807) is 12.1 Å². The van der Waals surface area contributed by atoms with Gasteiger partial charge in [-0.25, -0.2) is 10.2 Å². The van der Waals surface area contributed by atoms with Crippen molar-refractivity contribution in [2.75, 3.05) is 12.4 Å². The predicted molar refractivity (Wildman–Crippen MR) is 90.6 cm³/mol. The predicted octanol–water partition coefficient (Wildman–Crippen LogP) is 3.07. The zero-order valence-corrected chi connectivity index (χ0v) is 13.1. The van der Waals surface area contributed by atoms with Gasteiger partial charge >= 0.3 is 11.7 Å². The fourth-order valence-electron chi connectivity index (χ4n) is 1.96. The molecular formula is C16H16N4O4. The molecule has 0 aromatic heterocycles. The van der Waals surface area contributed by atoms with Crippen LogP contribution in [0.4, 0.5) is 16.2 Å². The standard InChI is InChI=1S/C16H16N4O4/c1-11-5-3-4-6-13(11)18-16(21)19-17-10-12-7-8-15(24-2)14(9-12)20(22)23/h3-10H,1-2H3,(H2,18,19,21)/b17-10-. The third-order valence-corrected chi connectivity index (χ3v) is 3.17. The van der Waals surface area contributed by atoms with Gasteiger partial charge in [-0.05, 0) is 30.7 Å². The van der Waals surface area contributed by atoms with Gasteiger partial charge in [0.25, 0.3) is 0 Å². The number of amides is 2. The maximum atomic E-state index is 11.8. The van der Waals surface area contributed by atoms with Crippen molar-refractivity contribution in [3.05, 3.63) is 63.7 Å². The molecule has 2 N–H and O–H groups in total. The molecule has 0 fully saturated rings. The Labute approximate surface area is 138 Å². The Hall–Kier alpha value is -3.42. The molecule has 0 aliphatic carbocycles. The van der Waals surface area contributed by atoms with Crippen molar-refractivity contribution in [1.82, 2.24) is 5.43 Å². The lowest BCUT2D eigenvalue weighted by Gasteiger charge is -2.06. The lowest BCUT2D eigenvalue weighted by molar-refractivity contribution is -0.385. The van der Waals surface area contributed by atoms with Gasteiger partial charge in [0.05, 0.1) is 18.2 Å². The summed E-state index contributed by atoms with van der Waals surface area (Å²) >= 11 is 0. The molecule has 0 aliphatic heterocycles. The van der Waals surface area contributed by atoms with E-state index in [0.717, 1.165) is 5.56 Å². The number of rotatable bonds is 5. The molecule has 0 bridgehead atoms. The van der Waals surface area contributed by atoms with Crippen LogP contribution in [0, 0.1) is 17.0 Å². The van der Waals surface area contributed by atoms with E-state index in [4.69, 9.17) is 4.74 Å². The summed E-state index contributed by atoms with van der Waals surface area (Å²) in [6.07, 6.45) is 1.31. The van der Waals surface area contributed by atoms with Crippen LogP contribution in [0.2, 0.25) is 0 Å². The maximum absolute atomic E-state index is 11.8. The van der Waals surface area contributed by atoms with E-state index < -0.39 is 11.0 Å². The number of para-hydroxylation sites is 1. The number of hydrogen-bond donors (Lipinski definition) is 2. The molecule has 8 nitrogen and oxygen atoms in total. The first kappa shape index (κ1) is 16.9. The van der Waals surface area contributed by atoms with E-state index in [1.807, 2.05) is 25.1 Å². The number of anilines is 1. The van der Waals surface area contributed by atoms with Crippen LogP contribution in [-0.2, 0) is 0 Å². The number of hydrazone groups is 1. The van der Waals surface area contributed by atoms with Gasteiger partial charge in [0.2, 0.25) is 0 Å². The molecular weight excluding hydrogens is 312 g/mol. The van der Waals surface area contributed by atoms with E-state index in [2.05, 4.69) is 15.8 Å². The number of benzene rings is 2. The zero-order valence-electron chi connectivity index (χ0n) is 13.1. The number of aryl methyl sites for hydroxylation is 1. The highest BCUT2D eigenvalue weighted by Crippen LogP contribution is 2.26. The number of carbonyl (C=O) groups is 1. The lowest BCUT2D eigenvalue weighted by Crippen LogP contribution is -2.24. The van der Waals surface area contributed by atoms with Gasteiger partial charge in [-0.2, -0.15) is 5.10 Å². The molecule has 0 unspecified atom stereocenters. The minimum Gasteiger partial charge on any atom is -0.490 e. The molecule has 0 aliphatic rings. The normalized spacial score (nSPS) is 10.4. The molecule has 8 heteroatoms. The quantitative estimate of drug-likeness (QED) is 0.500. The number of nitro benzene ring substituents is 1. The molecule has 124 valence electrons. The van der Waals surface area contributed by atoms with Crippen molar-refractivity contribution in [3.63, 3.8) is 0 Å². The van der Waals surface area contributed by atoms with E-state index in [1.165, 1.54) is 25.5 Å². The monoisotopic (exact) mass is 328 g/mol. The van der Waals surface area contributed by atoms with Crippen molar-refractivity contribution < 1.29 is 14.5 Å².